The van der Waals surface area contributed by atoms with Crippen LogP contribution in [0.2, 0.25) is 0 Å². The van der Waals surface area contributed by atoms with Crippen molar-refractivity contribution in [3.63, 3.8) is 0 Å². The monoisotopic (exact) mass is 271 g/mol. The van der Waals surface area contributed by atoms with Gasteiger partial charge >= 0.3 is 5.97 Å². The first kappa shape index (κ1) is 16.0. The Morgan fingerprint density at radius 3 is 2.74 bits per heavy atom. The number of esters is 1. The molecule has 2 unspecified atom stereocenters. The molecule has 1 fully saturated rings. The molecule has 1 saturated heterocycles. The molecular weight excluding hydrogens is 246 g/mol. The zero-order valence-corrected chi connectivity index (χ0v) is 12.2. The Morgan fingerprint density at radius 2 is 2.16 bits per heavy atom. The van der Waals surface area contributed by atoms with Gasteiger partial charge in [0.15, 0.2) is 6.04 Å². The van der Waals surface area contributed by atoms with Crippen LogP contribution in [-0.4, -0.2) is 49.7 Å². The Kier molecular flexibility index (Phi) is 6.84. The number of morpholine rings is 1. The zero-order valence-electron chi connectivity index (χ0n) is 12.2. The number of unbranched alkanes of at least 4 members (excludes halogenated alkanes) is 1. The summed E-state index contributed by atoms with van der Waals surface area (Å²) in [6, 6.07) is -0.582. The molecule has 5 nitrogen and oxygen atoms in total. The summed E-state index contributed by atoms with van der Waals surface area (Å²) < 4.78 is 10.0. The molecule has 1 amide bonds. The second kappa shape index (κ2) is 8.15. The summed E-state index contributed by atoms with van der Waals surface area (Å²) in [7, 11) is 1.34. The van der Waals surface area contributed by atoms with Crippen LogP contribution in [0.3, 0.4) is 0 Å². The first-order valence-electron chi connectivity index (χ1n) is 7.11. The van der Waals surface area contributed by atoms with Crippen molar-refractivity contribution in [1.82, 2.24) is 4.90 Å². The van der Waals surface area contributed by atoms with Gasteiger partial charge in [-0.25, -0.2) is 4.79 Å². The number of carbonyl (C=O) groups is 2. The maximum Gasteiger partial charge on any atom is 0.331 e. The van der Waals surface area contributed by atoms with E-state index < -0.39 is 12.0 Å². The van der Waals surface area contributed by atoms with Crippen LogP contribution in [0.1, 0.15) is 39.5 Å². The predicted octanol–water partition coefficient (Wildman–Crippen LogP) is 1.60. The van der Waals surface area contributed by atoms with Crippen LogP contribution < -0.4 is 0 Å². The molecule has 0 aromatic rings. The van der Waals surface area contributed by atoms with Crippen LogP contribution in [0, 0.1) is 5.92 Å². The van der Waals surface area contributed by atoms with Gasteiger partial charge in [-0.15, -0.1) is 0 Å². The summed E-state index contributed by atoms with van der Waals surface area (Å²) in [5, 5.41) is 0. The Balaban J connectivity index is 2.72. The highest BCUT2D eigenvalue weighted by molar-refractivity contribution is 5.86. The molecule has 5 heteroatoms. The van der Waals surface area contributed by atoms with Gasteiger partial charge in [0.05, 0.1) is 20.3 Å². The molecule has 0 radical (unpaired) electrons. The third-order valence-corrected chi connectivity index (χ3v) is 3.63. The van der Waals surface area contributed by atoms with E-state index in [1.165, 1.54) is 7.11 Å². The van der Waals surface area contributed by atoms with Crippen LogP contribution in [-0.2, 0) is 19.1 Å². The van der Waals surface area contributed by atoms with E-state index in [2.05, 4.69) is 6.92 Å². The van der Waals surface area contributed by atoms with E-state index in [4.69, 9.17) is 9.47 Å². The number of ether oxygens (including phenoxy) is 2. The van der Waals surface area contributed by atoms with Gasteiger partial charge in [0, 0.05) is 12.5 Å². The van der Waals surface area contributed by atoms with Gasteiger partial charge in [0.25, 0.3) is 0 Å². The first-order valence-corrected chi connectivity index (χ1v) is 7.11. The highest BCUT2D eigenvalue weighted by Gasteiger charge is 2.35. The van der Waals surface area contributed by atoms with E-state index in [1.807, 2.05) is 6.92 Å². The molecule has 1 aliphatic heterocycles. The van der Waals surface area contributed by atoms with Gasteiger partial charge in [-0.2, -0.15) is 0 Å². The zero-order chi connectivity index (χ0) is 14.3. The Labute approximate surface area is 115 Å². The van der Waals surface area contributed by atoms with Gasteiger partial charge in [-0.3, -0.25) is 4.79 Å². The number of carbonyl (C=O) groups excluding carboxylic acids is 2. The molecule has 1 rings (SSSR count). The van der Waals surface area contributed by atoms with Gasteiger partial charge in [0.1, 0.15) is 0 Å². The first-order chi connectivity index (χ1) is 9.15. The van der Waals surface area contributed by atoms with Crippen LogP contribution >= 0.6 is 0 Å². The minimum absolute atomic E-state index is 0.00482. The fourth-order valence-corrected chi connectivity index (χ4v) is 2.39. The normalized spacial score (nSPS) is 21.0. The maximum absolute atomic E-state index is 12.5. The van der Waals surface area contributed by atoms with Crippen molar-refractivity contribution in [3.8, 4) is 0 Å². The lowest BCUT2D eigenvalue weighted by atomic mass is 9.96. The van der Waals surface area contributed by atoms with E-state index in [0.29, 0.717) is 13.2 Å². The minimum Gasteiger partial charge on any atom is -0.467 e. The predicted molar refractivity (Wildman–Crippen MR) is 71.6 cm³/mol. The number of methoxy groups -OCH3 is 1. The summed E-state index contributed by atoms with van der Waals surface area (Å²) in [6.07, 6.45) is 3.81. The average Bonchev–Trinajstić information content (AvgIpc) is 2.47. The topological polar surface area (TPSA) is 55.8 Å². The van der Waals surface area contributed by atoms with Gasteiger partial charge in [-0.1, -0.05) is 26.7 Å². The van der Waals surface area contributed by atoms with Crippen molar-refractivity contribution in [2.75, 3.05) is 26.9 Å². The number of amides is 1. The summed E-state index contributed by atoms with van der Waals surface area (Å²) in [5.41, 5.74) is 0. The molecule has 19 heavy (non-hydrogen) atoms. The summed E-state index contributed by atoms with van der Waals surface area (Å²) in [6.45, 7) is 5.34. The second-order valence-corrected chi connectivity index (χ2v) is 4.89. The highest BCUT2D eigenvalue weighted by atomic mass is 16.5. The Bertz CT molecular complexity index is 306. The smallest absolute Gasteiger partial charge is 0.331 e. The number of hydrogen-bond acceptors (Lipinski definition) is 4. The van der Waals surface area contributed by atoms with Crippen LogP contribution in [0.4, 0.5) is 0 Å². The molecule has 1 heterocycles. The molecule has 0 saturated carbocycles. The lowest BCUT2D eigenvalue weighted by Crippen LogP contribution is -2.54. The lowest BCUT2D eigenvalue weighted by molar-refractivity contribution is -0.162. The van der Waals surface area contributed by atoms with E-state index in [-0.39, 0.29) is 18.4 Å². The van der Waals surface area contributed by atoms with Crippen molar-refractivity contribution in [1.29, 1.82) is 0 Å². The fourth-order valence-electron chi connectivity index (χ4n) is 2.39. The number of nitrogens with zero attached hydrogens (tertiary/aromatic N) is 1. The third-order valence-electron chi connectivity index (χ3n) is 3.63. The van der Waals surface area contributed by atoms with Crippen molar-refractivity contribution < 1.29 is 19.1 Å². The van der Waals surface area contributed by atoms with Crippen LogP contribution in [0.15, 0.2) is 0 Å². The molecule has 2 atom stereocenters. The van der Waals surface area contributed by atoms with Gasteiger partial charge in [0.2, 0.25) is 5.91 Å². The average molecular weight is 271 g/mol. The minimum atomic E-state index is -0.582. The lowest BCUT2D eigenvalue weighted by Gasteiger charge is -2.35. The highest BCUT2D eigenvalue weighted by Crippen LogP contribution is 2.19. The SMILES string of the molecule is CCCCC(CC)C(=O)N1CCOCC1C(=O)OC. The molecule has 0 N–H and O–H groups in total. The quantitative estimate of drug-likeness (QED) is 0.689. The molecule has 0 aliphatic carbocycles. The van der Waals surface area contributed by atoms with Gasteiger partial charge in [-0.05, 0) is 12.8 Å². The molecule has 1 aliphatic rings. The van der Waals surface area contributed by atoms with Crippen molar-refractivity contribution in [2.24, 2.45) is 5.92 Å². The Morgan fingerprint density at radius 1 is 1.42 bits per heavy atom. The fraction of sp³-hybridized carbons (Fsp3) is 0.857. The summed E-state index contributed by atoms with van der Waals surface area (Å²) in [4.78, 5) is 25.9. The Hall–Kier alpha value is -1.10. The maximum atomic E-state index is 12.5. The summed E-state index contributed by atoms with van der Waals surface area (Å²) in [5.74, 6) is -0.321. The van der Waals surface area contributed by atoms with E-state index >= 15 is 0 Å². The number of hydrogen-bond donors (Lipinski definition) is 0. The van der Waals surface area contributed by atoms with E-state index in [0.717, 1.165) is 25.7 Å². The largest absolute Gasteiger partial charge is 0.467 e. The van der Waals surface area contributed by atoms with Crippen molar-refractivity contribution in [3.05, 3.63) is 0 Å². The van der Waals surface area contributed by atoms with Crippen molar-refractivity contribution in [2.45, 2.75) is 45.6 Å². The molecule has 0 bridgehead atoms. The standard InChI is InChI=1S/C14H25NO4/c1-4-6-7-11(5-2)13(16)15-8-9-19-10-12(15)14(17)18-3/h11-12H,4-10H2,1-3H3. The van der Waals surface area contributed by atoms with E-state index in [1.54, 1.807) is 4.90 Å². The van der Waals surface area contributed by atoms with Crippen LogP contribution in [0.5, 0.6) is 0 Å². The summed E-state index contributed by atoms with van der Waals surface area (Å²) >= 11 is 0. The second-order valence-electron chi connectivity index (χ2n) is 4.89. The molecule has 0 spiro atoms. The van der Waals surface area contributed by atoms with E-state index in [9.17, 15) is 9.59 Å². The molecule has 0 aromatic heterocycles. The molecule has 0 aromatic carbocycles. The molecule has 110 valence electrons. The number of rotatable bonds is 6. The third kappa shape index (κ3) is 4.20. The van der Waals surface area contributed by atoms with Crippen molar-refractivity contribution >= 4 is 11.9 Å². The van der Waals surface area contributed by atoms with Gasteiger partial charge < -0.3 is 14.4 Å². The molecular formula is C14H25NO4. The van der Waals surface area contributed by atoms with Crippen LogP contribution in [0.25, 0.3) is 0 Å².